The molecule has 2 aromatic carbocycles. The Balaban J connectivity index is 1.56. The molecular weight excluding hydrogens is 318 g/mol. The molecule has 0 amide bonds. The molecule has 126 valence electrons. The van der Waals surface area contributed by atoms with Crippen molar-refractivity contribution in [2.75, 3.05) is 13.2 Å². The Kier molecular flexibility index (Phi) is 6.36. The Labute approximate surface area is 150 Å². The summed E-state index contributed by atoms with van der Waals surface area (Å²) in [6, 6.07) is 16.3. The predicted octanol–water partition coefficient (Wildman–Crippen LogP) is 4.95. The first-order chi connectivity index (χ1) is 11.8. The van der Waals surface area contributed by atoms with E-state index in [0.717, 1.165) is 29.3 Å². The van der Waals surface area contributed by atoms with Gasteiger partial charge in [0.25, 0.3) is 0 Å². The van der Waals surface area contributed by atoms with Crippen LogP contribution < -0.4 is 5.46 Å². The molecule has 4 heteroatoms. The lowest BCUT2D eigenvalue weighted by Crippen LogP contribution is -2.44. The van der Waals surface area contributed by atoms with Crippen molar-refractivity contribution >= 4 is 24.2 Å². The SMILES string of the molecule is CCCCCC1COB(c2ccc(-c3ccc(Cl)cc3)cc2)OC1. The molecule has 0 radical (unpaired) electrons. The zero-order valence-electron chi connectivity index (χ0n) is 14.2. The van der Waals surface area contributed by atoms with Gasteiger partial charge in [0.05, 0.1) is 0 Å². The van der Waals surface area contributed by atoms with Gasteiger partial charge in [-0.25, -0.2) is 0 Å². The Morgan fingerprint density at radius 1 is 0.917 bits per heavy atom. The average Bonchev–Trinajstić information content (AvgIpc) is 2.63. The summed E-state index contributed by atoms with van der Waals surface area (Å²) in [5, 5.41) is 0.757. The van der Waals surface area contributed by atoms with E-state index in [1.165, 1.54) is 31.2 Å². The molecule has 1 fully saturated rings. The summed E-state index contributed by atoms with van der Waals surface area (Å²) in [6.07, 6.45) is 5.04. The van der Waals surface area contributed by atoms with Crippen molar-refractivity contribution in [1.29, 1.82) is 0 Å². The smallest absolute Gasteiger partial charge is 0.407 e. The van der Waals surface area contributed by atoms with E-state index in [9.17, 15) is 0 Å². The normalized spacial score (nSPS) is 15.7. The van der Waals surface area contributed by atoms with Gasteiger partial charge in [-0.1, -0.05) is 74.2 Å². The van der Waals surface area contributed by atoms with Crippen molar-refractivity contribution in [2.24, 2.45) is 5.92 Å². The average molecular weight is 343 g/mol. The van der Waals surface area contributed by atoms with E-state index in [1.807, 2.05) is 24.3 Å². The highest BCUT2D eigenvalue weighted by molar-refractivity contribution is 6.61. The second kappa shape index (κ2) is 8.71. The molecule has 0 N–H and O–H groups in total. The zero-order chi connectivity index (χ0) is 16.8. The van der Waals surface area contributed by atoms with E-state index in [1.54, 1.807) is 0 Å². The van der Waals surface area contributed by atoms with Gasteiger partial charge in [0.2, 0.25) is 0 Å². The summed E-state index contributed by atoms with van der Waals surface area (Å²) in [4.78, 5) is 0. The van der Waals surface area contributed by atoms with Gasteiger partial charge in [0.15, 0.2) is 0 Å². The predicted molar refractivity (Wildman–Crippen MR) is 102 cm³/mol. The zero-order valence-corrected chi connectivity index (χ0v) is 15.0. The van der Waals surface area contributed by atoms with E-state index in [4.69, 9.17) is 20.9 Å². The Bertz CT molecular complexity index is 619. The van der Waals surface area contributed by atoms with Crippen LogP contribution in [0.15, 0.2) is 48.5 Å². The third-order valence-electron chi connectivity index (χ3n) is 4.54. The van der Waals surface area contributed by atoms with Crippen LogP contribution in [0.1, 0.15) is 32.6 Å². The molecule has 1 heterocycles. The highest BCUT2D eigenvalue weighted by atomic mass is 35.5. The molecule has 0 aromatic heterocycles. The molecule has 1 aliphatic rings. The third kappa shape index (κ3) is 4.63. The van der Waals surface area contributed by atoms with Gasteiger partial charge >= 0.3 is 7.12 Å². The Morgan fingerprint density at radius 3 is 2.08 bits per heavy atom. The van der Waals surface area contributed by atoms with Crippen LogP contribution in [0, 0.1) is 5.92 Å². The van der Waals surface area contributed by atoms with Crippen LogP contribution >= 0.6 is 11.6 Å². The molecule has 2 nitrogen and oxygen atoms in total. The Morgan fingerprint density at radius 2 is 1.50 bits per heavy atom. The molecule has 1 aliphatic heterocycles. The number of rotatable bonds is 6. The van der Waals surface area contributed by atoms with Gasteiger partial charge in [0.1, 0.15) is 0 Å². The molecule has 0 unspecified atom stereocenters. The summed E-state index contributed by atoms with van der Waals surface area (Å²) >= 11 is 5.94. The minimum atomic E-state index is -0.230. The topological polar surface area (TPSA) is 18.5 Å². The maximum Gasteiger partial charge on any atom is 0.493 e. The molecule has 24 heavy (non-hydrogen) atoms. The maximum atomic E-state index is 5.94. The molecule has 1 saturated heterocycles. The molecule has 0 saturated carbocycles. The molecule has 0 aliphatic carbocycles. The Hall–Kier alpha value is -1.29. The highest BCUT2D eigenvalue weighted by Gasteiger charge is 2.28. The second-order valence-corrected chi connectivity index (χ2v) is 6.93. The summed E-state index contributed by atoms with van der Waals surface area (Å²) in [6.45, 7) is 3.83. The molecule has 0 bridgehead atoms. The second-order valence-electron chi connectivity index (χ2n) is 6.49. The fourth-order valence-electron chi connectivity index (χ4n) is 3.06. The molecular formula is C20H24BClO2. The van der Waals surface area contributed by atoms with Crippen molar-refractivity contribution in [2.45, 2.75) is 32.6 Å². The van der Waals surface area contributed by atoms with E-state index >= 15 is 0 Å². The summed E-state index contributed by atoms with van der Waals surface area (Å²) in [5.41, 5.74) is 3.41. The minimum Gasteiger partial charge on any atom is -0.407 e. The standard InChI is InChI=1S/C20H24BClO2/c1-2-3-4-5-16-14-23-21(24-15-16)19-10-6-17(7-11-19)18-8-12-20(22)13-9-18/h6-13,16H,2-5,14-15H2,1H3. The largest absolute Gasteiger partial charge is 0.493 e. The highest BCUT2D eigenvalue weighted by Crippen LogP contribution is 2.21. The van der Waals surface area contributed by atoms with Crippen LogP contribution in [0.3, 0.4) is 0 Å². The van der Waals surface area contributed by atoms with E-state index in [-0.39, 0.29) is 7.12 Å². The molecule has 2 aromatic rings. The molecule has 3 rings (SSSR count). The van der Waals surface area contributed by atoms with Crippen LogP contribution in [0.5, 0.6) is 0 Å². The first kappa shape index (κ1) is 17.5. The van der Waals surface area contributed by atoms with E-state index in [2.05, 4.69) is 31.2 Å². The fraction of sp³-hybridized carbons (Fsp3) is 0.400. The summed E-state index contributed by atoms with van der Waals surface area (Å²) in [7, 11) is -0.230. The first-order valence-corrected chi connectivity index (χ1v) is 9.23. The lowest BCUT2D eigenvalue weighted by atomic mass is 9.76. The quantitative estimate of drug-likeness (QED) is 0.546. The first-order valence-electron chi connectivity index (χ1n) is 8.85. The summed E-state index contributed by atoms with van der Waals surface area (Å²) < 4.78 is 11.9. The van der Waals surface area contributed by atoms with Crippen LogP contribution in [0.2, 0.25) is 5.02 Å². The van der Waals surface area contributed by atoms with Gasteiger partial charge in [-0.05, 0) is 35.1 Å². The number of hydrogen-bond donors (Lipinski definition) is 0. The van der Waals surface area contributed by atoms with Crippen LogP contribution in [-0.4, -0.2) is 20.3 Å². The van der Waals surface area contributed by atoms with Crippen LogP contribution in [0.4, 0.5) is 0 Å². The van der Waals surface area contributed by atoms with Gasteiger partial charge in [-0.15, -0.1) is 0 Å². The molecule has 0 spiro atoms. The number of hydrogen-bond acceptors (Lipinski definition) is 2. The van der Waals surface area contributed by atoms with Crippen molar-refractivity contribution in [3.63, 3.8) is 0 Å². The maximum absolute atomic E-state index is 5.94. The molecule has 0 atom stereocenters. The lowest BCUT2D eigenvalue weighted by molar-refractivity contribution is 0.0811. The van der Waals surface area contributed by atoms with Crippen LogP contribution in [0.25, 0.3) is 11.1 Å². The lowest BCUT2D eigenvalue weighted by Gasteiger charge is -2.27. The van der Waals surface area contributed by atoms with Gasteiger partial charge < -0.3 is 9.31 Å². The van der Waals surface area contributed by atoms with Gasteiger partial charge in [0, 0.05) is 24.2 Å². The monoisotopic (exact) mass is 342 g/mol. The minimum absolute atomic E-state index is 0.230. The fourth-order valence-corrected chi connectivity index (χ4v) is 3.19. The number of halogens is 1. The van der Waals surface area contributed by atoms with Crippen LogP contribution in [-0.2, 0) is 9.31 Å². The number of unbranched alkanes of at least 4 members (excludes halogenated alkanes) is 2. The summed E-state index contributed by atoms with van der Waals surface area (Å²) in [5.74, 6) is 0.543. The van der Waals surface area contributed by atoms with Crippen molar-refractivity contribution in [1.82, 2.24) is 0 Å². The number of benzene rings is 2. The van der Waals surface area contributed by atoms with E-state index < -0.39 is 0 Å². The van der Waals surface area contributed by atoms with Crippen molar-refractivity contribution in [3.8, 4) is 11.1 Å². The van der Waals surface area contributed by atoms with Crippen molar-refractivity contribution < 1.29 is 9.31 Å². The van der Waals surface area contributed by atoms with E-state index in [0.29, 0.717) is 5.92 Å². The van der Waals surface area contributed by atoms with Gasteiger partial charge in [-0.2, -0.15) is 0 Å². The van der Waals surface area contributed by atoms with Crippen molar-refractivity contribution in [3.05, 3.63) is 53.6 Å². The van der Waals surface area contributed by atoms with Gasteiger partial charge in [-0.3, -0.25) is 0 Å². The third-order valence-corrected chi connectivity index (χ3v) is 4.79.